The summed E-state index contributed by atoms with van der Waals surface area (Å²) < 4.78 is 0. The second kappa shape index (κ2) is 9.32. The van der Waals surface area contributed by atoms with Crippen LogP contribution in [0.5, 0.6) is 0 Å². The van der Waals surface area contributed by atoms with Gasteiger partial charge >= 0.3 is 0 Å². The maximum absolute atomic E-state index is 12.6. The van der Waals surface area contributed by atoms with Crippen molar-refractivity contribution in [3.8, 4) is 12.1 Å². The predicted octanol–water partition coefficient (Wildman–Crippen LogP) is 3.34. The van der Waals surface area contributed by atoms with Crippen molar-refractivity contribution in [1.29, 1.82) is 10.5 Å². The van der Waals surface area contributed by atoms with Gasteiger partial charge in [-0.15, -0.1) is 0 Å². The van der Waals surface area contributed by atoms with E-state index in [0.717, 1.165) is 25.7 Å². The molecule has 1 aliphatic carbocycles. The van der Waals surface area contributed by atoms with Crippen LogP contribution < -0.4 is 10.7 Å². The summed E-state index contributed by atoms with van der Waals surface area (Å²) in [5.41, 5.74) is 3.28. The van der Waals surface area contributed by atoms with E-state index in [1.165, 1.54) is 19.3 Å². The molecule has 0 bridgehead atoms. The van der Waals surface area contributed by atoms with E-state index < -0.39 is 0 Å². The first-order valence-electron chi connectivity index (χ1n) is 8.28. The Kier molecular flexibility index (Phi) is 6.79. The van der Waals surface area contributed by atoms with Crippen LogP contribution in [0.1, 0.15) is 55.3 Å². The third kappa shape index (κ3) is 5.10. The molecule has 1 fully saturated rings. The van der Waals surface area contributed by atoms with Crippen LogP contribution >= 0.6 is 0 Å². The number of nitriles is 2. The van der Waals surface area contributed by atoms with Crippen LogP contribution in [0.4, 0.5) is 5.69 Å². The van der Waals surface area contributed by atoms with Crippen LogP contribution in [0.15, 0.2) is 29.4 Å². The number of amides is 1. The summed E-state index contributed by atoms with van der Waals surface area (Å²) in [4.78, 5) is 12.6. The number of benzene rings is 1. The molecule has 0 aliphatic heterocycles. The average molecular weight is 323 g/mol. The van der Waals surface area contributed by atoms with Gasteiger partial charge in [0.15, 0.2) is 0 Å². The molecule has 2 N–H and O–H groups in total. The summed E-state index contributed by atoms with van der Waals surface area (Å²) in [5, 5.41) is 24.3. The summed E-state index contributed by atoms with van der Waals surface area (Å²) >= 11 is 0. The molecule has 1 amide bonds. The Balaban J connectivity index is 2.07. The highest BCUT2D eigenvalue weighted by Gasteiger charge is 2.17. The highest BCUT2D eigenvalue weighted by Crippen LogP contribution is 2.19. The fraction of sp³-hybridized carbons (Fsp3) is 0.444. The number of anilines is 1. The van der Waals surface area contributed by atoms with Gasteiger partial charge in [0.1, 0.15) is 12.1 Å². The maximum Gasteiger partial charge on any atom is 0.253 e. The van der Waals surface area contributed by atoms with E-state index >= 15 is 0 Å². The largest absolute Gasteiger partial charge is 0.349 e. The third-order valence-electron chi connectivity index (χ3n) is 4.11. The number of hydrogen-bond donors (Lipinski definition) is 2. The number of hydrazone groups is 1. The molecule has 1 aromatic rings. The fourth-order valence-electron chi connectivity index (χ4n) is 2.83. The van der Waals surface area contributed by atoms with Crippen LogP contribution in [0, 0.1) is 22.7 Å². The Labute approximate surface area is 142 Å². The molecule has 0 aromatic heterocycles. The first-order valence-corrected chi connectivity index (χ1v) is 8.28. The quantitative estimate of drug-likeness (QED) is 0.655. The van der Waals surface area contributed by atoms with E-state index in [2.05, 4.69) is 15.8 Å². The molecule has 6 nitrogen and oxygen atoms in total. The summed E-state index contributed by atoms with van der Waals surface area (Å²) in [6.07, 6.45) is 8.03. The van der Waals surface area contributed by atoms with Gasteiger partial charge in [-0.05, 0) is 25.0 Å². The van der Waals surface area contributed by atoms with Crippen LogP contribution in [-0.2, 0) is 0 Å². The molecular weight excluding hydrogens is 302 g/mol. The van der Waals surface area contributed by atoms with Gasteiger partial charge < -0.3 is 5.32 Å². The molecule has 124 valence electrons. The van der Waals surface area contributed by atoms with Gasteiger partial charge in [0.2, 0.25) is 5.71 Å². The Morgan fingerprint density at radius 3 is 2.33 bits per heavy atom. The van der Waals surface area contributed by atoms with Crippen LogP contribution in [0.2, 0.25) is 0 Å². The number of hydrogen-bond acceptors (Lipinski definition) is 5. The predicted molar refractivity (Wildman–Crippen MR) is 92.3 cm³/mol. The maximum atomic E-state index is 12.6. The lowest BCUT2D eigenvalue weighted by atomic mass is 9.96. The second-order valence-corrected chi connectivity index (χ2v) is 5.86. The molecule has 1 aromatic carbocycles. The Morgan fingerprint density at radius 2 is 1.67 bits per heavy atom. The number of carbonyl (C=O) groups excluding carboxylic acids is 1. The SMILES string of the molecule is N#CC(C#N)=NNc1ccccc1C(=O)NC1CCCCCCC1. The summed E-state index contributed by atoms with van der Waals surface area (Å²) in [5.74, 6) is -0.158. The lowest BCUT2D eigenvalue weighted by Crippen LogP contribution is -2.35. The summed E-state index contributed by atoms with van der Waals surface area (Å²) in [6.45, 7) is 0. The standard InChI is InChI=1S/C18H21N5O/c19-12-15(13-20)22-23-17-11-7-6-10-16(17)18(24)21-14-8-4-2-1-3-5-9-14/h6-7,10-11,14,23H,1-5,8-9H2,(H,21,24). The molecule has 1 saturated carbocycles. The van der Waals surface area contributed by atoms with Crippen molar-refractivity contribution in [2.75, 3.05) is 5.43 Å². The minimum atomic E-state index is -0.287. The Bertz CT molecular complexity index is 659. The van der Waals surface area contributed by atoms with Gasteiger partial charge in [-0.25, -0.2) is 0 Å². The monoisotopic (exact) mass is 323 g/mol. The van der Waals surface area contributed by atoms with Crippen molar-refractivity contribution in [3.05, 3.63) is 29.8 Å². The van der Waals surface area contributed by atoms with E-state index in [9.17, 15) is 4.79 Å². The molecule has 0 saturated heterocycles. The number of para-hydroxylation sites is 1. The number of carbonyl (C=O) groups is 1. The van der Waals surface area contributed by atoms with Crippen molar-refractivity contribution in [1.82, 2.24) is 5.32 Å². The van der Waals surface area contributed by atoms with Crippen LogP contribution in [-0.4, -0.2) is 17.7 Å². The molecule has 0 spiro atoms. The van der Waals surface area contributed by atoms with Gasteiger partial charge in [-0.2, -0.15) is 15.6 Å². The Hall–Kier alpha value is -2.86. The minimum absolute atomic E-state index is 0.158. The smallest absolute Gasteiger partial charge is 0.253 e. The van der Waals surface area contributed by atoms with Crippen molar-refractivity contribution >= 4 is 17.3 Å². The van der Waals surface area contributed by atoms with Gasteiger partial charge in [-0.3, -0.25) is 10.2 Å². The van der Waals surface area contributed by atoms with Crippen LogP contribution in [0.3, 0.4) is 0 Å². The van der Waals surface area contributed by atoms with Crippen molar-refractivity contribution in [3.63, 3.8) is 0 Å². The highest BCUT2D eigenvalue weighted by molar-refractivity contribution is 6.10. The molecule has 24 heavy (non-hydrogen) atoms. The number of nitrogens with one attached hydrogen (secondary N) is 2. The topological polar surface area (TPSA) is 101 Å². The van der Waals surface area contributed by atoms with E-state index in [0.29, 0.717) is 11.3 Å². The third-order valence-corrected chi connectivity index (χ3v) is 4.11. The zero-order chi connectivity index (χ0) is 17.2. The lowest BCUT2D eigenvalue weighted by molar-refractivity contribution is 0.0931. The van der Waals surface area contributed by atoms with Crippen molar-refractivity contribution < 1.29 is 4.79 Å². The van der Waals surface area contributed by atoms with Gasteiger partial charge in [-0.1, -0.05) is 44.2 Å². The van der Waals surface area contributed by atoms with Crippen molar-refractivity contribution in [2.24, 2.45) is 5.10 Å². The first-order chi connectivity index (χ1) is 11.7. The summed E-state index contributed by atoms with van der Waals surface area (Å²) in [6, 6.07) is 10.5. The van der Waals surface area contributed by atoms with Gasteiger partial charge in [0, 0.05) is 6.04 Å². The minimum Gasteiger partial charge on any atom is -0.349 e. The lowest BCUT2D eigenvalue weighted by Gasteiger charge is -2.21. The molecule has 6 heteroatoms. The number of nitrogens with zero attached hydrogens (tertiary/aromatic N) is 3. The first kappa shape index (κ1) is 17.5. The Morgan fingerprint density at radius 1 is 1.04 bits per heavy atom. The molecule has 0 unspecified atom stereocenters. The molecule has 0 atom stereocenters. The van der Waals surface area contributed by atoms with Crippen molar-refractivity contribution in [2.45, 2.75) is 51.0 Å². The van der Waals surface area contributed by atoms with E-state index in [1.807, 2.05) is 0 Å². The van der Waals surface area contributed by atoms with Gasteiger partial charge in [0.05, 0.1) is 11.3 Å². The molecule has 2 rings (SSSR count). The average Bonchev–Trinajstić information content (AvgIpc) is 2.58. The fourth-order valence-corrected chi connectivity index (χ4v) is 2.83. The molecule has 1 aliphatic rings. The van der Waals surface area contributed by atoms with Crippen LogP contribution in [0.25, 0.3) is 0 Å². The zero-order valence-electron chi connectivity index (χ0n) is 13.6. The van der Waals surface area contributed by atoms with Gasteiger partial charge in [0.25, 0.3) is 5.91 Å². The highest BCUT2D eigenvalue weighted by atomic mass is 16.1. The normalized spacial score (nSPS) is 15.1. The zero-order valence-corrected chi connectivity index (χ0v) is 13.6. The van der Waals surface area contributed by atoms with E-state index in [1.54, 1.807) is 36.4 Å². The number of rotatable bonds is 4. The molecular formula is C18H21N5O. The second-order valence-electron chi connectivity index (χ2n) is 5.86. The van der Waals surface area contributed by atoms with E-state index in [-0.39, 0.29) is 17.7 Å². The molecule has 0 heterocycles. The summed E-state index contributed by atoms with van der Waals surface area (Å²) in [7, 11) is 0. The van der Waals surface area contributed by atoms with E-state index in [4.69, 9.17) is 10.5 Å². The molecule has 0 radical (unpaired) electrons.